The van der Waals surface area contributed by atoms with E-state index in [1.165, 1.54) is 6.08 Å². The van der Waals surface area contributed by atoms with E-state index in [-0.39, 0.29) is 11.8 Å². The predicted molar refractivity (Wildman–Crippen MR) is 92.3 cm³/mol. The molecule has 2 rings (SSSR count). The van der Waals surface area contributed by atoms with Crippen LogP contribution in [0.3, 0.4) is 0 Å². The van der Waals surface area contributed by atoms with Gasteiger partial charge in [0.1, 0.15) is 0 Å². The van der Waals surface area contributed by atoms with Gasteiger partial charge in [-0.1, -0.05) is 55.1 Å². The van der Waals surface area contributed by atoms with Gasteiger partial charge in [-0.25, -0.2) is 0 Å². The first-order chi connectivity index (χ1) is 11.1. The third-order valence-electron chi connectivity index (χ3n) is 3.61. The van der Waals surface area contributed by atoms with Crippen LogP contribution in [0.2, 0.25) is 0 Å². The topological polar surface area (TPSA) is 44.1 Å². The van der Waals surface area contributed by atoms with Crippen molar-refractivity contribution in [3.05, 3.63) is 72.8 Å². The molecule has 3 heteroatoms. The lowest BCUT2D eigenvalue weighted by molar-refractivity contribution is -0.126. The van der Waals surface area contributed by atoms with Crippen LogP contribution in [0.1, 0.15) is 12.5 Å². The SMILES string of the molecule is C=CC(=O)N(Cc1cccc(-c2ccccc2)c1)CC(C)C#N. The maximum atomic E-state index is 12.0. The summed E-state index contributed by atoms with van der Waals surface area (Å²) in [6.45, 7) is 6.23. The molecule has 0 heterocycles. The van der Waals surface area contributed by atoms with Crippen LogP contribution < -0.4 is 0 Å². The van der Waals surface area contributed by atoms with Gasteiger partial charge in [0.05, 0.1) is 12.0 Å². The summed E-state index contributed by atoms with van der Waals surface area (Å²) in [7, 11) is 0. The largest absolute Gasteiger partial charge is 0.334 e. The van der Waals surface area contributed by atoms with E-state index >= 15 is 0 Å². The van der Waals surface area contributed by atoms with Crippen molar-refractivity contribution in [3.8, 4) is 17.2 Å². The maximum absolute atomic E-state index is 12.0. The van der Waals surface area contributed by atoms with Crippen molar-refractivity contribution >= 4 is 5.91 Å². The zero-order valence-electron chi connectivity index (χ0n) is 13.3. The molecule has 116 valence electrons. The third kappa shape index (κ3) is 4.55. The van der Waals surface area contributed by atoms with Crippen LogP contribution in [0.15, 0.2) is 67.3 Å². The molecule has 3 nitrogen and oxygen atoms in total. The van der Waals surface area contributed by atoms with E-state index in [2.05, 4.69) is 36.9 Å². The van der Waals surface area contributed by atoms with E-state index in [0.29, 0.717) is 13.1 Å². The minimum atomic E-state index is -0.212. The number of rotatable bonds is 6. The molecule has 0 aliphatic heterocycles. The lowest BCUT2D eigenvalue weighted by atomic mass is 10.0. The van der Waals surface area contributed by atoms with Gasteiger partial charge < -0.3 is 4.90 Å². The van der Waals surface area contributed by atoms with Crippen LogP contribution in [0.5, 0.6) is 0 Å². The second-order valence-electron chi connectivity index (χ2n) is 5.52. The first kappa shape index (κ1) is 16.5. The van der Waals surface area contributed by atoms with Crippen molar-refractivity contribution in [2.45, 2.75) is 13.5 Å². The van der Waals surface area contributed by atoms with E-state index in [1.807, 2.05) is 37.3 Å². The van der Waals surface area contributed by atoms with E-state index in [0.717, 1.165) is 16.7 Å². The summed E-state index contributed by atoms with van der Waals surface area (Å²) in [5.74, 6) is -0.367. The van der Waals surface area contributed by atoms with Gasteiger partial charge in [-0.05, 0) is 35.8 Å². The van der Waals surface area contributed by atoms with E-state index < -0.39 is 0 Å². The molecule has 0 spiro atoms. The van der Waals surface area contributed by atoms with Gasteiger partial charge in [0, 0.05) is 13.1 Å². The number of nitrogens with zero attached hydrogens (tertiary/aromatic N) is 2. The second-order valence-corrected chi connectivity index (χ2v) is 5.52. The third-order valence-corrected chi connectivity index (χ3v) is 3.61. The van der Waals surface area contributed by atoms with Gasteiger partial charge in [0.2, 0.25) is 5.91 Å². The molecule has 0 radical (unpaired) electrons. The Morgan fingerprint density at radius 2 is 1.91 bits per heavy atom. The molecule has 0 saturated heterocycles. The van der Waals surface area contributed by atoms with Crippen LogP contribution in [0, 0.1) is 17.2 Å². The highest BCUT2D eigenvalue weighted by molar-refractivity contribution is 5.87. The minimum Gasteiger partial charge on any atom is -0.334 e. The quantitative estimate of drug-likeness (QED) is 0.756. The van der Waals surface area contributed by atoms with E-state index in [1.54, 1.807) is 4.90 Å². The first-order valence-electron chi connectivity index (χ1n) is 7.59. The summed E-state index contributed by atoms with van der Waals surface area (Å²) in [5.41, 5.74) is 3.29. The highest BCUT2D eigenvalue weighted by atomic mass is 16.2. The summed E-state index contributed by atoms with van der Waals surface area (Å²) in [6, 6.07) is 20.4. The molecule has 0 fully saturated rings. The highest BCUT2D eigenvalue weighted by Gasteiger charge is 2.14. The monoisotopic (exact) mass is 304 g/mol. The van der Waals surface area contributed by atoms with Gasteiger partial charge in [-0.2, -0.15) is 5.26 Å². The summed E-state index contributed by atoms with van der Waals surface area (Å²) in [5, 5.41) is 8.98. The molecule has 1 amide bonds. The number of hydrogen-bond donors (Lipinski definition) is 0. The first-order valence-corrected chi connectivity index (χ1v) is 7.59. The molecule has 23 heavy (non-hydrogen) atoms. The molecule has 2 aromatic carbocycles. The lowest BCUT2D eigenvalue weighted by Crippen LogP contribution is -2.32. The average Bonchev–Trinajstić information content (AvgIpc) is 2.61. The standard InChI is InChI=1S/C20H20N2O/c1-3-20(23)22(14-16(2)13-21)15-17-8-7-11-19(12-17)18-9-5-4-6-10-18/h3-12,16H,1,14-15H2,2H3. The zero-order valence-corrected chi connectivity index (χ0v) is 13.3. The molecule has 2 aromatic rings. The molecule has 1 atom stereocenters. The Balaban J connectivity index is 2.22. The fourth-order valence-corrected chi connectivity index (χ4v) is 2.43. The van der Waals surface area contributed by atoms with E-state index in [4.69, 9.17) is 5.26 Å². The van der Waals surface area contributed by atoms with Gasteiger partial charge in [0.15, 0.2) is 0 Å². The summed E-state index contributed by atoms with van der Waals surface area (Å²) >= 11 is 0. The number of carbonyl (C=O) groups is 1. The van der Waals surface area contributed by atoms with Crippen LogP contribution >= 0.6 is 0 Å². The molecular formula is C20H20N2O. The predicted octanol–water partition coefficient (Wildman–Crippen LogP) is 4.03. The Labute approximate surface area is 137 Å². The Bertz CT molecular complexity index is 716. The van der Waals surface area contributed by atoms with Crippen molar-refractivity contribution in [1.82, 2.24) is 4.90 Å². The van der Waals surface area contributed by atoms with Crippen molar-refractivity contribution in [2.75, 3.05) is 6.54 Å². The molecule has 0 bridgehead atoms. The fraction of sp³-hybridized carbons (Fsp3) is 0.200. The van der Waals surface area contributed by atoms with Gasteiger partial charge in [-0.3, -0.25) is 4.79 Å². The van der Waals surface area contributed by atoms with Gasteiger partial charge in [-0.15, -0.1) is 0 Å². The molecule has 0 aromatic heterocycles. The Morgan fingerprint density at radius 1 is 1.22 bits per heavy atom. The summed E-state index contributed by atoms with van der Waals surface area (Å²) in [4.78, 5) is 13.7. The van der Waals surface area contributed by atoms with Crippen LogP contribution in [0.25, 0.3) is 11.1 Å². The van der Waals surface area contributed by atoms with Gasteiger partial charge >= 0.3 is 0 Å². The smallest absolute Gasteiger partial charge is 0.246 e. The maximum Gasteiger partial charge on any atom is 0.246 e. The molecule has 0 aliphatic carbocycles. The molecule has 0 N–H and O–H groups in total. The Hall–Kier alpha value is -2.86. The van der Waals surface area contributed by atoms with Gasteiger partial charge in [0.25, 0.3) is 0 Å². The summed E-state index contributed by atoms with van der Waals surface area (Å²) < 4.78 is 0. The molecule has 0 saturated carbocycles. The number of amides is 1. The van der Waals surface area contributed by atoms with Crippen molar-refractivity contribution in [3.63, 3.8) is 0 Å². The van der Waals surface area contributed by atoms with Crippen LogP contribution in [0.4, 0.5) is 0 Å². The second kappa shape index (κ2) is 7.95. The number of benzene rings is 2. The summed E-state index contributed by atoms with van der Waals surface area (Å²) in [6.07, 6.45) is 1.30. The van der Waals surface area contributed by atoms with Crippen molar-refractivity contribution < 1.29 is 4.79 Å². The van der Waals surface area contributed by atoms with E-state index in [9.17, 15) is 4.79 Å². The molecule has 1 unspecified atom stereocenters. The normalized spacial score (nSPS) is 11.3. The molecule has 0 aliphatic rings. The number of nitriles is 1. The van der Waals surface area contributed by atoms with Crippen molar-refractivity contribution in [1.29, 1.82) is 5.26 Å². The molecular weight excluding hydrogens is 284 g/mol. The Morgan fingerprint density at radius 3 is 2.57 bits per heavy atom. The number of carbonyl (C=O) groups excluding carboxylic acids is 1. The average molecular weight is 304 g/mol. The lowest BCUT2D eigenvalue weighted by Gasteiger charge is -2.22. The zero-order chi connectivity index (χ0) is 16.7. The Kier molecular flexibility index (Phi) is 5.71. The van der Waals surface area contributed by atoms with Crippen molar-refractivity contribution in [2.24, 2.45) is 5.92 Å². The van der Waals surface area contributed by atoms with Crippen LogP contribution in [-0.2, 0) is 11.3 Å². The number of hydrogen-bond acceptors (Lipinski definition) is 2. The highest BCUT2D eigenvalue weighted by Crippen LogP contribution is 2.21. The van der Waals surface area contributed by atoms with Crippen LogP contribution in [-0.4, -0.2) is 17.4 Å². The minimum absolute atomic E-state index is 0.155. The fourth-order valence-electron chi connectivity index (χ4n) is 2.43.